The lowest BCUT2D eigenvalue weighted by atomic mass is 10.1. The van der Waals surface area contributed by atoms with Crippen LogP contribution in [0.2, 0.25) is 0 Å². The molecule has 1 heterocycles. The number of hydrogen-bond donors (Lipinski definition) is 1. The first-order valence-corrected chi connectivity index (χ1v) is 15.1. The Morgan fingerprint density at radius 1 is 0.684 bits per heavy atom. The van der Waals surface area contributed by atoms with Crippen LogP contribution < -0.4 is 21.2 Å². The van der Waals surface area contributed by atoms with E-state index in [4.69, 9.17) is 0 Å². The molecule has 1 N–H and O–H groups in total. The van der Waals surface area contributed by atoms with Gasteiger partial charge in [-0.15, -0.1) is 0 Å². The highest BCUT2D eigenvalue weighted by atomic mass is 32.2. The Hall–Kier alpha value is -3.98. The van der Waals surface area contributed by atoms with E-state index in [0.29, 0.717) is 5.56 Å². The first kappa shape index (κ1) is 25.7. The lowest BCUT2D eigenvalue weighted by molar-refractivity contribution is 0.0968. The van der Waals surface area contributed by atoms with E-state index in [1.165, 1.54) is 11.8 Å². The van der Waals surface area contributed by atoms with Gasteiger partial charge in [0.25, 0.3) is 5.91 Å². The van der Waals surface area contributed by atoms with Crippen LogP contribution in [0.15, 0.2) is 156 Å². The topological polar surface area (TPSA) is 42.0 Å². The van der Waals surface area contributed by atoms with Crippen LogP contribution in [0.25, 0.3) is 0 Å². The van der Waals surface area contributed by atoms with Crippen LogP contribution in [0.4, 0.5) is 0 Å². The molecular weight excluding hydrogens is 503 g/mol. The van der Waals surface area contributed by atoms with Crippen LogP contribution in [0.1, 0.15) is 15.9 Å². The van der Waals surface area contributed by atoms with Gasteiger partial charge in [0.05, 0.1) is 0 Å². The van der Waals surface area contributed by atoms with Crippen LogP contribution in [0.5, 0.6) is 0 Å². The fourth-order valence-corrected chi connectivity index (χ4v) is 9.66. The zero-order valence-electron chi connectivity index (χ0n) is 21.1. The third kappa shape index (κ3) is 5.47. The van der Waals surface area contributed by atoms with Crippen molar-refractivity contribution in [3.63, 3.8) is 0 Å². The van der Waals surface area contributed by atoms with E-state index >= 15 is 0 Å². The average molecular weight is 532 g/mol. The summed E-state index contributed by atoms with van der Waals surface area (Å²) in [5.74, 6) is -0.134. The van der Waals surface area contributed by atoms with Crippen molar-refractivity contribution >= 4 is 40.8 Å². The second kappa shape index (κ2) is 12.0. The molecule has 5 rings (SSSR count). The Morgan fingerprint density at radius 3 is 1.66 bits per heavy atom. The van der Waals surface area contributed by atoms with Crippen LogP contribution >= 0.6 is 19.0 Å². The molecule has 0 radical (unpaired) electrons. The van der Waals surface area contributed by atoms with Crippen molar-refractivity contribution in [1.29, 1.82) is 0 Å². The molecule has 0 fully saturated rings. The highest BCUT2D eigenvalue weighted by molar-refractivity contribution is 8.04. The number of amides is 1. The van der Waals surface area contributed by atoms with Gasteiger partial charge >= 0.3 is 0 Å². The molecule has 0 aliphatic rings. The van der Waals surface area contributed by atoms with E-state index in [-0.39, 0.29) is 5.91 Å². The molecule has 0 unspecified atom stereocenters. The lowest BCUT2D eigenvalue weighted by Gasteiger charge is -2.29. The first-order valence-electron chi connectivity index (χ1n) is 12.4. The summed E-state index contributed by atoms with van der Waals surface area (Å²) < 4.78 is 0. The minimum Gasteiger partial charge on any atom is -0.291 e. The summed E-state index contributed by atoms with van der Waals surface area (Å²) >= 11 is 1.52. The van der Waals surface area contributed by atoms with Crippen molar-refractivity contribution in [3.8, 4) is 0 Å². The third-order valence-electron chi connectivity index (χ3n) is 6.28. The van der Waals surface area contributed by atoms with Gasteiger partial charge in [-0.25, -0.2) is 4.98 Å². The van der Waals surface area contributed by atoms with Gasteiger partial charge in [0.1, 0.15) is 20.9 Å². The number of nitrogens with zero attached hydrogens (tertiary/aromatic N) is 1. The Balaban J connectivity index is 1.76. The lowest BCUT2D eigenvalue weighted by Crippen LogP contribution is -2.38. The minimum absolute atomic E-state index is 0.134. The number of thioether (sulfide) groups is 1. The zero-order valence-corrected chi connectivity index (χ0v) is 22.8. The Bertz CT molecular complexity index is 1410. The molecule has 0 spiro atoms. The third-order valence-corrected chi connectivity index (χ3v) is 11.5. The summed E-state index contributed by atoms with van der Waals surface area (Å²) in [7, 11) is -2.50. The summed E-state index contributed by atoms with van der Waals surface area (Å²) in [6.45, 7) is 2.02. The van der Waals surface area contributed by atoms with E-state index in [1.54, 1.807) is 6.20 Å². The molecule has 38 heavy (non-hydrogen) atoms. The summed E-state index contributed by atoms with van der Waals surface area (Å²) in [5, 5.41) is 9.81. The number of benzene rings is 4. The average Bonchev–Trinajstić information content (AvgIpc) is 2.99. The van der Waals surface area contributed by atoms with Crippen molar-refractivity contribution < 1.29 is 4.79 Å². The molecule has 5 aromatic rings. The minimum atomic E-state index is -2.50. The Labute approximate surface area is 229 Å². The summed E-state index contributed by atoms with van der Waals surface area (Å²) in [6, 6.07) is 45.1. The molecule has 0 saturated heterocycles. The monoisotopic (exact) mass is 531 g/mol. The highest BCUT2D eigenvalue weighted by Gasteiger charge is 2.50. The molecule has 0 aliphatic heterocycles. The number of hydrogen-bond acceptors (Lipinski definition) is 3. The maximum Gasteiger partial charge on any atom is 0.258 e. The molecule has 5 heteroatoms. The normalized spacial score (nSPS) is 11.7. The van der Waals surface area contributed by atoms with Crippen molar-refractivity contribution in [2.75, 3.05) is 0 Å². The number of aryl methyl sites for hydroxylation is 1. The summed E-state index contributed by atoms with van der Waals surface area (Å²) in [4.78, 5) is 18.3. The molecule has 3 nitrogen and oxygen atoms in total. The second-order valence-electron chi connectivity index (χ2n) is 8.79. The number of rotatable bonds is 8. The number of carbonyl (C=O) groups is 1. The van der Waals surface area contributed by atoms with E-state index in [1.807, 2.05) is 67.6 Å². The van der Waals surface area contributed by atoms with Crippen molar-refractivity contribution in [2.45, 2.75) is 11.9 Å². The smallest absolute Gasteiger partial charge is 0.258 e. The summed E-state index contributed by atoms with van der Waals surface area (Å²) in [6.07, 6.45) is 1.79. The maximum atomic E-state index is 13.8. The molecule has 0 saturated carbocycles. The standard InChI is InChI=1S/C33H27N2OPS/c1-26-20-22-27(23-21-26)33(36)35-31(25-38-32-19-11-12-24-34-32)37(28-13-5-2-6-14-28,29-15-7-3-8-16-29)30-17-9-4-10-18-30/h2-25H,1H3/p+1. The molecule has 1 aromatic heterocycles. The van der Waals surface area contributed by atoms with E-state index in [2.05, 4.69) is 88.5 Å². The second-order valence-corrected chi connectivity index (χ2v) is 13.0. The van der Waals surface area contributed by atoms with Gasteiger partial charge in [0, 0.05) is 17.2 Å². The van der Waals surface area contributed by atoms with Gasteiger partial charge in [0.15, 0.2) is 12.7 Å². The van der Waals surface area contributed by atoms with Crippen LogP contribution in [-0.2, 0) is 0 Å². The van der Waals surface area contributed by atoms with Gasteiger partial charge in [-0.2, -0.15) is 0 Å². The molecule has 0 atom stereocenters. The highest BCUT2D eigenvalue weighted by Crippen LogP contribution is 2.62. The van der Waals surface area contributed by atoms with Gasteiger partial charge in [-0.05, 0) is 67.6 Å². The van der Waals surface area contributed by atoms with Crippen LogP contribution in [0.3, 0.4) is 0 Å². The van der Waals surface area contributed by atoms with Crippen LogP contribution in [-0.4, -0.2) is 10.9 Å². The molecular formula is C33H28N2OPS+. The quantitative estimate of drug-likeness (QED) is 0.179. The molecule has 1 amide bonds. The predicted molar refractivity (Wildman–Crippen MR) is 162 cm³/mol. The van der Waals surface area contributed by atoms with Crippen molar-refractivity contribution in [3.05, 3.63) is 162 Å². The zero-order chi connectivity index (χ0) is 26.2. The predicted octanol–water partition coefficient (Wildman–Crippen LogP) is 6.71. The number of carbonyl (C=O) groups excluding carboxylic acids is 1. The largest absolute Gasteiger partial charge is 0.291 e. The maximum absolute atomic E-state index is 13.8. The van der Waals surface area contributed by atoms with Crippen molar-refractivity contribution in [1.82, 2.24) is 10.3 Å². The Kier molecular flexibility index (Phi) is 8.13. The number of nitrogens with one attached hydrogen (secondary N) is 1. The molecule has 4 aromatic carbocycles. The van der Waals surface area contributed by atoms with Gasteiger partial charge < -0.3 is 0 Å². The van der Waals surface area contributed by atoms with Crippen LogP contribution in [0, 0.1) is 6.92 Å². The van der Waals surface area contributed by atoms with E-state index in [0.717, 1.165) is 31.9 Å². The Morgan fingerprint density at radius 2 is 1.18 bits per heavy atom. The molecule has 186 valence electrons. The van der Waals surface area contributed by atoms with E-state index < -0.39 is 7.26 Å². The molecule has 0 aliphatic carbocycles. The SMILES string of the molecule is Cc1ccc(C(=O)NC(=CSc2ccccn2)[P+](c2ccccc2)(c2ccccc2)c2ccccc2)cc1. The van der Waals surface area contributed by atoms with Gasteiger partial charge in [-0.1, -0.05) is 90.1 Å². The fraction of sp³-hybridized carbons (Fsp3) is 0.0303. The van der Waals surface area contributed by atoms with Gasteiger partial charge in [-0.3, -0.25) is 10.1 Å². The molecule has 0 bridgehead atoms. The number of pyridine rings is 1. The summed E-state index contributed by atoms with van der Waals surface area (Å²) in [5.41, 5.74) is 2.60. The van der Waals surface area contributed by atoms with Crippen molar-refractivity contribution in [2.24, 2.45) is 0 Å². The first-order chi connectivity index (χ1) is 18.7. The van der Waals surface area contributed by atoms with Gasteiger partial charge in [0.2, 0.25) is 0 Å². The fourth-order valence-electron chi connectivity index (χ4n) is 4.44. The van der Waals surface area contributed by atoms with E-state index in [9.17, 15) is 4.79 Å². The number of aromatic nitrogens is 1.